The van der Waals surface area contributed by atoms with Gasteiger partial charge in [0, 0.05) is 0 Å². The highest BCUT2D eigenvalue weighted by atomic mass is 32.2. The molecule has 0 bridgehead atoms. The number of nitrogens with zero attached hydrogens (tertiary/aromatic N) is 1. The Bertz CT molecular complexity index is 1070. The average molecular weight is 427 g/mol. The van der Waals surface area contributed by atoms with Crippen LogP contribution in [0.15, 0.2) is 84.9 Å². The number of nitrogens with one attached hydrogen (secondary N) is 1. The van der Waals surface area contributed by atoms with Gasteiger partial charge < -0.3 is 5.32 Å². The van der Waals surface area contributed by atoms with Crippen molar-refractivity contribution in [1.29, 1.82) is 0 Å². The molecule has 0 spiro atoms. The lowest BCUT2D eigenvalue weighted by Gasteiger charge is -2.30. The summed E-state index contributed by atoms with van der Waals surface area (Å²) in [6.07, 6.45) is 0.953. The number of halogens is 1. The summed E-state index contributed by atoms with van der Waals surface area (Å²) >= 11 is 0. The van der Waals surface area contributed by atoms with Gasteiger partial charge in [0.1, 0.15) is 11.9 Å². The number of carbonyl (C=O) groups is 1. The highest BCUT2D eigenvalue weighted by Gasteiger charge is 2.32. The molecular weight excluding hydrogens is 403 g/mol. The van der Waals surface area contributed by atoms with Crippen LogP contribution in [0.1, 0.15) is 24.1 Å². The van der Waals surface area contributed by atoms with E-state index in [1.807, 2.05) is 60.7 Å². The predicted molar refractivity (Wildman–Crippen MR) is 116 cm³/mol. The average Bonchev–Trinajstić information content (AvgIpc) is 2.73. The molecule has 30 heavy (non-hydrogen) atoms. The fourth-order valence-electron chi connectivity index (χ4n) is 3.32. The van der Waals surface area contributed by atoms with Crippen LogP contribution in [0.25, 0.3) is 0 Å². The van der Waals surface area contributed by atoms with Crippen molar-refractivity contribution in [3.63, 3.8) is 0 Å². The zero-order valence-electron chi connectivity index (χ0n) is 16.7. The zero-order chi connectivity index (χ0) is 21.7. The van der Waals surface area contributed by atoms with E-state index in [9.17, 15) is 17.6 Å². The summed E-state index contributed by atoms with van der Waals surface area (Å²) in [5.41, 5.74) is 1.53. The van der Waals surface area contributed by atoms with Crippen LogP contribution in [0.3, 0.4) is 0 Å². The van der Waals surface area contributed by atoms with Gasteiger partial charge in [0.05, 0.1) is 18.0 Å². The summed E-state index contributed by atoms with van der Waals surface area (Å²) in [5.74, 6) is -1.26. The van der Waals surface area contributed by atoms with Crippen molar-refractivity contribution < 1.29 is 17.6 Å². The van der Waals surface area contributed by atoms with E-state index in [0.29, 0.717) is 0 Å². The van der Waals surface area contributed by atoms with E-state index in [1.54, 1.807) is 0 Å². The van der Waals surface area contributed by atoms with Crippen LogP contribution in [0, 0.1) is 5.82 Å². The second kappa shape index (κ2) is 9.09. The zero-order valence-corrected chi connectivity index (χ0v) is 17.5. The maximum atomic E-state index is 14.3. The van der Waals surface area contributed by atoms with Crippen molar-refractivity contribution in [3.05, 3.63) is 102 Å². The number of hydrogen-bond donors (Lipinski definition) is 1. The van der Waals surface area contributed by atoms with Crippen LogP contribution >= 0.6 is 0 Å². The second-order valence-corrected chi connectivity index (χ2v) is 8.81. The number of benzene rings is 3. The topological polar surface area (TPSA) is 66.5 Å². The van der Waals surface area contributed by atoms with Gasteiger partial charge in [0.2, 0.25) is 15.9 Å². The summed E-state index contributed by atoms with van der Waals surface area (Å²) < 4.78 is 40.0. The maximum absolute atomic E-state index is 14.3. The Kier molecular flexibility index (Phi) is 6.52. The molecule has 3 aromatic carbocycles. The first-order valence-electron chi connectivity index (χ1n) is 9.43. The van der Waals surface area contributed by atoms with Gasteiger partial charge in [-0.05, 0) is 30.2 Å². The Morgan fingerprint density at radius 3 is 1.80 bits per heavy atom. The summed E-state index contributed by atoms with van der Waals surface area (Å²) in [4.78, 5) is 13.1. The van der Waals surface area contributed by atoms with Gasteiger partial charge in [-0.25, -0.2) is 12.8 Å². The third kappa shape index (κ3) is 4.86. The monoisotopic (exact) mass is 426 g/mol. The van der Waals surface area contributed by atoms with Crippen molar-refractivity contribution in [3.8, 4) is 0 Å². The Balaban J connectivity index is 1.95. The SMILES string of the molecule is CC(C(=O)NC(c1ccccc1)c1ccccc1)N(c1ccccc1F)S(C)(=O)=O. The van der Waals surface area contributed by atoms with Gasteiger partial charge in [-0.15, -0.1) is 0 Å². The number of sulfonamides is 1. The van der Waals surface area contributed by atoms with Crippen LogP contribution in [0.5, 0.6) is 0 Å². The standard InChI is InChI=1S/C23H23FN2O3S/c1-17(26(30(2,28)29)21-16-10-9-15-20(21)24)23(27)25-22(18-11-5-3-6-12-18)19-13-7-4-8-14-19/h3-17,22H,1-2H3,(H,25,27). The molecule has 0 heterocycles. The summed E-state index contributed by atoms with van der Waals surface area (Å²) in [6.45, 7) is 1.44. The number of para-hydroxylation sites is 1. The minimum Gasteiger partial charge on any atom is -0.343 e. The fraction of sp³-hybridized carbons (Fsp3) is 0.174. The van der Waals surface area contributed by atoms with Gasteiger partial charge in [-0.1, -0.05) is 72.8 Å². The number of carbonyl (C=O) groups excluding carboxylic acids is 1. The Morgan fingerprint density at radius 1 is 0.867 bits per heavy atom. The summed E-state index contributed by atoms with van der Waals surface area (Å²) in [5, 5.41) is 2.92. The molecule has 0 aromatic heterocycles. The van der Waals surface area contributed by atoms with Gasteiger partial charge in [-0.2, -0.15) is 0 Å². The molecule has 0 aliphatic heterocycles. The van der Waals surface area contributed by atoms with Gasteiger partial charge in [0.25, 0.3) is 0 Å². The molecule has 7 heteroatoms. The van der Waals surface area contributed by atoms with Crippen molar-refractivity contribution in [2.45, 2.75) is 19.0 Å². The first kappa shape index (κ1) is 21.5. The van der Waals surface area contributed by atoms with E-state index in [1.165, 1.54) is 25.1 Å². The third-order valence-corrected chi connectivity index (χ3v) is 5.96. The molecule has 0 aliphatic rings. The first-order chi connectivity index (χ1) is 14.3. The maximum Gasteiger partial charge on any atom is 0.244 e. The minimum absolute atomic E-state index is 0.168. The molecule has 1 unspecified atom stereocenters. The minimum atomic E-state index is -3.92. The van der Waals surface area contributed by atoms with Crippen LogP contribution < -0.4 is 9.62 Å². The van der Waals surface area contributed by atoms with Crippen LogP contribution in [-0.4, -0.2) is 26.6 Å². The molecule has 0 fully saturated rings. The fourth-order valence-corrected chi connectivity index (χ4v) is 4.50. The van der Waals surface area contributed by atoms with E-state index >= 15 is 0 Å². The molecule has 0 saturated carbocycles. The van der Waals surface area contributed by atoms with Crippen molar-refractivity contribution in [1.82, 2.24) is 5.32 Å². The Hall–Kier alpha value is -3.19. The molecule has 3 rings (SSSR count). The van der Waals surface area contributed by atoms with Gasteiger partial charge in [0.15, 0.2) is 0 Å². The molecule has 1 N–H and O–H groups in total. The highest BCUT2D eigenvalue weighted by Crippen LogP contribution is 2.26. The van der Waals surface area contributed by atoms with Crippen LogP contribution in [0.4, 0.5) is 10.1 Å². The summed E-state index contributed by atoms with van der Waals surface area (Å²) in [6, 6.07) is 22.6. The number of rotatable bonds is 7. The van der Waals surface area contributed by atoms with E-state index in [0.717, 1.165) is 27.8 Å². The van der Waals surface area contributed by atoms with E-state index in [4.69, 9.17) is 0 Å². The molecule has 0 saturated heterocycles. The lowest BCUT2D eigenvalue weighted by molar-refractivity contribution is -0.122. The van der Waals surface area contributed by atoms with Crippen molar-refractivity contribution >= 4 is 21.6 Å². The first-order valence-corrected chi connectivity index (χ1v) is 11.3. The van der Waals surface area contributed by atoms with E-state index < -0.39 is 33.8 Å². The second-order valence-electron chi connectivity index (χ2n) is 6.95. The molecule has 156 valence electrons. The molecule has 3 aromatic rings. The number of anilines is 1. The van der Waals surface area contributed by atoms with Crippen LogP contribution in [0.2, 0.25) is 0 Å². The van der Waals surface area contributed by atoms with Crippen molar-refractivity contribution in [2.24, 2.45) is 0 Å². The molecular formula is C23H23FN2O3S. The molecule has 0 aliphatic carbocycles. The molecule has 1 amide bonds. The molecule has 0 radical (unpaired) electrons. The van der Waals surface area contributed by atoms with Crippen LogP contribution in [-0.2, 0) is 14.8 Å². The number of hydrogen-bond acceptors (Lipinski definition) is 3. The third-order valence-electron chi connectivity index (χ3n) is 4.73. The predicted octanol–water partition coefficient (Wildman–Crippen LogP) is 3.89. The lowest BCUT2D eigenvalue weighted by atomic mass is 9.98. The smallest absolute Gasteiger partial charge is 0.244 e. The Labute approximate surface area is 176 Å². The molecule has 5 nitrogen and oxygen atoms in total. The normalized spacial score (nSPS) is 12.4. The number of amides is 1. The van der Waals surface area contributed by atoms with E-state index in [-0.39, 0.29) is 5.69 Å². The largest absolute Gasteiger partial charge is 0.343 e. The Morgan fingerprint density at radius 2 is 1.33 bits per heavy atom. The molecule has 1 atom stereocenters. The van der Waals surface area contributed by atoms with Crippen molar-refractivity contribution in [2.75, 3.05) is 10.6 Å². The van der Waals surface area contributed by atoms with Gasteiger partial charge in [-0.3, -0.25) is 9.10 Å². The summed E-state index contributed by atoms with van der Waals surface area (Å²) in [7, 11) is -3.92. The van der Waals surface area contributed by atoms with Gasteiger partial charge >= 0.3 is 0 Å². The van der Waals surface area contributed by atoms with E-state index in [2.05, 4.69) is 5.32 Å². The lowest BCUT2D eigenvalue weighted by Crippen LogP contribution is -2.49. The highest BCUT2D eigenvalue weighted by molar-refractivity contribution is 7.92. The quantitative estimate of drug-likeness (QED) is 0.623.